The summed E-state index contributed by atoms with van der Waals surface area (Å²) in [4.78, 5) is 16.5. The van der Waals surface area contributed by atoms with Crippen molar-refractivity contribution in [2.75, 3.05) is 19.0 Å². The number of aromatic nitrogens is 3. The maximum absolute atomic E-state index is 11.9. The predicted octanol–water partition coefficient (Wildman–Crippen LogP) is 4.75. The first-order valence-electron chi connectivity index (χ1n) is 10.7. The Morgan fingerprint density at radius 3 is 2.48 bits per heavy atom. The summed E-state index contributed by atoms with van der Waals surface area (Å²) in [7, 11) is 1.64. The maximum Gasteiger partial charge on any atom is 0.336 e. The molecule has 170 valence electrons. The highest BCUT2D eigenvalue weighted by atomic mass is 16.5. The van der Waals surface area contributed by atoms with Crippen LogP contribution in [0.15, 0.2) is 71.3 Å². The fourth-order valence-corrected chi connectivity index (χ4v) is 3.12. The quantitative estimate of drug-likeness (QED) is 0.399. The fraction of sp³-hybridized carbons (Fsp3) is 0.240. The number of carbonyl (C=O) groups excluding carboxylic acids is 1. The SMILES string of the molecule is COc1ccc(CCOc2nc(-c3ccco3)n(-c3ccc(NC(=O)C(C)C)cc3)n2)cc1. The van der Waals surface area contributed by atoms with E-state index in [0.717, 1.165) is 17.0 Å². The monoisotopic (exact) mass is 446 g/mol. The summed E-state index contributed by atoms with van der Waals surface area (Å²) < 4.78 is 18.2. The number of benzene rings is 2. The number of carbonyl (C=O) groups is 1. The van der Waals surface area contributed by atoms with E-state index in [2.05, 4.69) is 15.4 Å². The second-order valence-electron chi connectivity index (χ2n) is 7.74. The molecule has 2 aromatic carbocycles. The molecule has 0 saturated carbocycles. The van der Waals surface area contributed by atoms with E-state index < -0.39 is 0 Å². The molecule has 0 aliphatic heterocycles. The van der Waals surface area contributed by atoms with Gasteiger partial charge in [0.25, 0.3) is 0 Å². The molecule has 1 amide bonds. The Bertz CT molecular complexity index is 1180. The molecule has 8 nitrogen and oxygen atoms in total. The Morgan fingerprint density at radius 2 is 1.85 bits per heavy atom. The number of hydrogen-bond acceptors (Lipinski definition) is 6. The molecule has 1 N–H and O–H groups in total. The minimum atomic E-state index is -0.0943. The van der Waals surface area contributed by atoms with E-state index in [9.17, 15) is 4.79 Å². The lowest BCUT2D eigenvalue weighted by Gasteiger charge is -2.09. The van der Waals surface area contributed by atoms with Crippen molar-refractivity contribution < 1.29 is 18.7 Å². The van der Waals surface area contributed by atoms with Gasteiger partial charge in [0.2, 0.25) is 11.7 Å². The van der Waals surface area contributed by atoms with Crippen molar-refractivity contribution in [1.82, 2.24) is 14.8 Å². The number of anilines is 1. The summed E-state index contributed by atoms with van der Waals surface area (Å²) in [6, 6.07) is 19.1. The highest BCUT2D eigenvalue weighted by Crippen LogP contribution is 2.25. The smallest absolute Gasteiger partial charge is 0.336 e. The second-order valence-corrected chi connectivity index (χ2v) is 7.74. The molecule has 33 heavy (non-hydrogen) atoms. The largest absolute Gasteiger partial charge is 0.497 e. The summed E-state index contributed by atoms with van der Waals surface area (Å²) in [6.45, 7) is 4.13. The van der Waals surface area contributed by atoms with Crippen molar-refractivity contribution in [3.8, 4) is 29.0 Å². The molecule has 8 heteroatoms. The normalized spacial score (nSPS) is 10.9. The van der Waals surface area contributed by atoms with Crippen LogP contribution in [0.2, 0.25) is 0 Å². The fourth-order valence-electron chi connectivity index (χ4n) is 3.12. The number of hydrogen-bond donors (Lipinski definition) is 1. The molecule has 0 bridgehead atoms. The Balaban J connectivity index is 1.50. The first kappa shape index (κ1) is 22.1. The van der Waals surface area contributed by atoms with Gasteiger partial charge >= 0.3 is 6.01 Å². The molecular formula is C25H26N4O4. The van der Waals surface area contributed by atoms with Crippen LogP contribution in [0.25, 0.3) is 17.3 Å². The average Bonchev–Trinajstić information content (AvgIpc) is 3.50. The zero-order valence-electron chi connectivity index (χ0n) is 18.8. The van der Waals surface area contributed by atoms with Crippen molar-refractivity contribution in [3.63, 3.8) is 0 Å². The standard InChI is InChI=1S/C25H26N4O4/c1-17(2)24(30)26-19-8-10-20(11-9-19)29-23(22-5-4-15-32-22)27-25(28-29)33-16-14-18-6-12-21(31-3)13-7-18/h4-13,15,17H,14,16H2,1-3H3,(H,26,30). The highest BCUT2D eigenvalue weighted by molar-refractivity contribution is 5.92. The molecule has 2 aromatic heterocycles. The van der Waals surface area contributed by atoms with Gasteiger partial charge in [0, 0.05) is 18.0 Å². The van der Waals surface area contributed by atoms with E-state index in [0.29, 0.717) is 30.3 Å². The lowest BCUT2D eigenvalue weighted by atomic mass is 10.1. The Labute approximate surface area is 192 Å². The van der Waals surface area contributed by atoms with Crippen LogP contribution in [-0.2, 0) is 11.2 Å². The Morgan fingerprint density at radius 1 is 1.09 bits per heavy atom. The van der Waals surface area contributed by atoms with Gasteiger partial charge in [-0.3, -0.25) is 4.79 Å². The molecule has 0 spiro atoms. The first-order chi connectivity index (χ1) is 16.0. The van der Waals surface area contributed by atoms with E-state index >= 15 is 0 Å². The van der Waals surface area contributed by atoms with Crippen molar-refractivity contribution >= 4 is 11.6 Å². The summed E-state index contributed by atoms with van der Waals surface area (Å²) in [6.07, 6.45) is 2.29. The van der Waals surface area contributed by atoms with Gasteiger partial charge in [0.05, 0.1) is 25.7 Å². The molecule has 0 atom stereocenters. The van der Waals surface area contributed by atoms with Crippen molar-refractivity contribution in [3.05, 3.63) is 72.5 Å². The number of nitrogens with one attached hydrogen (secondary N) is 1. The zero-order valence-corrected chi connectivity index (χ0v) is 18.8. The molecule has 4 aromatic rings. The minimum Gasteiger partial charge on any atom is -0.497 e. The van der Waals surface area contributed by atoms with Crippen molar-refractivity contribution in [1.29, 1.82) is 0 Å². The number of rotatable bonds is 9. The van der Waals surface area contributed by atoms with Gasteiger partial charge in [-0.1, -0.05) is 26.0 Å². The third-order valence-electron chi connectivity index (χ3n) is 5.01. The third kappa shape index (κ3) is 5.41. The van der Waals surface area contributed by atoms with Crippen LogP contribution in [0.4, 0.5) is 5.69 Å². The number of nitrogens with zero attached hydrogens (tertiary/aromatic N) is 3. The van der Waals surface area contributed by atoms with Gasteiger partial charge < -0.3 is 19.2 Å². The predicted molar refractivity (Wildman–Crippen MR) is 125 cm³/mol. The van der Waals surface area contributed by atoms with E-state index in [1.54, 1.807) is 24.1 Å². The molecule has 0 unspecified atom stereocenters. The van der Waals surface area contributed by atoms with E-state index in [4.69, 9.17) is 13.9 Å². The molecular weight excluding hydrogens is 420 g/mol. The first-order valence-corrected chi connectivity index (χ1v) is 10.7. The molecule has 0 aliphatic rings. The van der Waals surface area contributed by atoms with Crippen molar-refractivity contribution in [2.24, 2.45) is 5.92 Å². The number of ether oxygens (including phenoxy) is 2. The van der Waals surface area contributed by atoms with Gasteiger partial charge in [-0.2, -0.15) is 4.98 Å². The summed E-state index contributed by atoms with van der Waals surface area (Å²) in [5.41, 5.74) is 2.61. The van der Waals surface area contributed by atoms with E-state index in [1.807, 2.05) is 68.4 Å². The summed E-state index contributed by atoms with van der Waals surface area (Å²) in [5.74, 6) is 1.79. The molecule has 4 rings (SSSR count). The van der Waals surface area contributed by atoms with Gasteiger partial charge in [-0.15, -0.1) is 5.10 Å². The van der Waals surface area contributed by atoms with Gasteiger partial charge in [-0.05, 0) is 54.1 Å². The Kier molecular flexibility index (Phi) is 6.73. The average molecular weight is 447 g/mol. The van der Waals surface area contributed by atoms with Crippen molar-refractivity contribution in [2.45, 2.75) is 20.3 Å². The Hall–Kier alpha value is -4.07. The van der Waals surface area contributed by atoms with Crippen LogP contribution in [0.5, 0.6) is 11.8 Å². The number of furan rings is 1. The number of amides is 1. The topological polar surface area (TPSA) is 91.4 Å². The molecule has 2 heterocycles. The number of methoxy groups -OCH3 is 1. The molecule has 0 radical (unpaired) electrons. The van der Waals surface area contributed by atoms with E-state index in [1.165, 1.54) is 0 Å². The van der Waals surface area contributed by atoms with Crippen LogP contribution < -0.4 is 14.8 Å². The minimum absolute atomic E-state index is 0.0349. The van der Waals surface area contributed by atoms with Crippen LogP contribution in [0.3, 0.4) is 0 Å². The zero-order chi connectivity index (χ0) is 23.2. The van der Waals surface area contributed by atoms with E-state index in [-0.39, 0.29) is 17.8 Å². The van der Waals surface area contributed by atoms with Crippen LogP contribution >= 0.6 is 0 Å². The molecule has 0 fully saturated rings. The highest BCUT2D eigenvalue weighted by Gasteiger charge is 2.17. The van der Waals surface area contributed by atoms with Crippen LogP contribution in [0, 0.1) is 5.92 Å². The van der Waals surface area contributed by atoms with Crippen LogP contribution in [-0.4, -0.2) is 34.4 Å². The van der Waals surface area contributed by atoms with Crippen LogP contribution in [0.1, 0.15) is 19.4 Å². The van der Waals surface area contributed by atoms with Gasteiger partial charge in [0.15, 0.2) is 5.76 Å². The third-order valence-corrected chi connectivity index (χ3v) is 5.01. The second kappa shape index (κ2) is 10.0. The molecule has 0 aliphatic carbocycles. The summed E-state index contributed by atoms with van der Waals surface area (Å²) >= 11 is 0. The van der Waals surface area contributed by atoms with Gasteiger partial charge in [0.1, 0.15) is 5.75 Å². The lowest BCUT2D eigenvalue weighted by molar-refractivity contribution is -0.118. The van der Waals surface area contributed by atoms with Gasteiger partial charge in [-0.25, -0.2) is 4.68 Å². The lowest BCUT2D eigenvalue weighted by Crippen LogP contribution is -2.17. The maximum atomic E-state index is 11.9. The molecule has 0 saturated heterocycles. The summed E-state index contributed by atoms with van der Waals surface area (Å²) in [5, 5.41) is 7.41.